The van der Waals surface area contributed by atoms with Gasteiger partial charge in [0.1, 0.15) is 6.61 Å². The zero-order valence-electron chi connectivity index (χ0n) is 15.0. The van der Waals surface area contributed by atoms with Crippen molar-refractivity contribution in [3.05, 3.63) is 46.8 Å². The molecule has 6 nitrogen and oxygen atoms in total. The highest BCUT2D eigenvalue weighted by Gasteiger charge is 2.12. The molecule has 0 radical (unpaired) electrons. The molecule has 0 saturated heterocycles. The Morgan fingerprint density at radius 1 is 1.31 bits per heavy atom. The summed E-state index contributed by atoms with van der Waals surface area (Å²) in [7, 11) is 3.16. The van der Waals surface area contributed by atoms with Gasteiger partial charge in [0.05, 0.1) is 12.8 Å². The van der Waals surface area contributed by atoms with Crippen LogP contribution in [0.15, 0.2) is 24.3 Å². The van der Waals surface area contributed by atoms with E-state index < -0.39 is 12.6 Å². The minimum atomic E-state index is -2.95. The number of hydrogen-bond donors (Lipinski definition) is 0. The van der Waals surface area contributed by atoms with E-state index in [1.165, 1.54) is 31.4 Å². The fraction of sp³-hybridized carbons (Fsp3) is 0.333. The van der Waals surface area contributed by atoms with E-state index in [1.54, 1.807) is 10.8 Å². The maximum absolute atomic E-state index is 12.3. The Balaban J connectivity index is 1.99. The molecule has 8 heteroatoms. The molecule has 1 heterocycles. The lowest BCUT2D eigenvalue weighted by Crippen LogP contribution is -2.05. The zero-order chi connectivity index (χ0) is 19.3. The molecule has 0 spiro atoms. The van der Waals surface area contributed by atoms with Gasteiger partial charge in [-0.15, -0.1) is 0 Å². The van der Waals surface area contributed by atoms with Crippen LogP contribution < -0.4 is 9.47 Å². The Bertz CT molecular complexity index is 816. The molecule has 0 unspecified atom stereocenters. The van der Waals surface area contributed by atoms with E-state index in [2.05, 4.69) is 9.84 Å². The average Bonchev–Trinajstić information content (AvgIpc) is 2.83. The zero-order valence-corrected chi connectivity index (χ0v) is 15.0. The number of alkyl halides is 2. The van der Waals surface area contributed by atoms with Crippen LogP contribution in [0.25, 0.3) is 6.08 Å². The van der Waals surface area contributed by atoms with Crippen molar-refractivity contribution < 1.29 is 27.8 Å². The van der Waals surface area contributed by atoms with E-state index in [-0.39, 0.29) is 18.1 Å². The van der Waals surface area contributed by atoms with Gasteiger partial charge in [-0.25, -0.2) is 4.79 Å². The fourth-order valence-electron chi connectivity index (χ4n) is 2.38. The lowest BCUT2D eigenvalue weighted by molar-refractivity contribution is -0.138. The summed E-state index contributed by atoms with van der Waals surface area (Å²) < 4.78 is 40.9. The van der Waals surface area contributed by atoms with Crippen LogP contribution in [-0.2, 0) is 23.2 Å². The molecule has 0 N–H and O–H groups in total. The predicted octanol–water partition coefficient (Wildman–Crippen LogP) is 3.40. The van der Waals surface area contributed by atoms with Crippen LogP contribution in [-0.4, -0.2) is 29.5 Å². The lowest BCUT2D eigenvalue weighted by Gasteiger charge is -2.11. The highest BCUT2D eigenvalue weighted by atomic mass is 19.3. The van der Waals surface area contributed by atoms with Crippen molar-refractivity contribution >= 4 is 12.0 Å². The maximum Gasteiger partial charge on any atom is 0.387 e. The van der Waals surface area contributed by atoms with Gasteiger partial charge >= 0.3 is 12.6 Å². The quantitative estimate of drug-likeness (QED) is 0.555. The standard InChI is InChI=1S/C18H20F2N2O4/c1-11-14(12(2)22(3)21-11)6-8-17(23)25-10-13-5-7-15(26-18(19)20)16(9-13)24-4/h5-9,18H,10H2,1-4H3/b8-6+. The van der Waals surface area contributed by atoms with Crippen LogP contribution in [0, 0.1) is 13.8 Å². The van der Waals surface area contributed by atoms with Crippen LogP contribution in [0.1, 0.15) is 22.5 Å². The molecular weight excluding hydrogens is 346 g/mol. The number of ether oxygens (including phenoxy) is 3. The molecule has 140 valence electrons. The molecule has 0 aliphatic carbocycles. The first-order valence-electron chi connectivity index (χ1n) is 7.78. The predicted molar refractivity (Wildman–Crippen MR) is 91.1 cm³/mol. The van der Waals surface area contributed by atoms with Crippen LogP contribution in [0.4, 0.5) is 8.78 Å². The van der Waals surface area contributed by atoms with Crippen molar-refractivity contribution in [3.8, 4) is 11.5 Å². The fourth-order valence-corrected chi connectivity index (χ4v) is 2.38. The third-order valence-corrected chi connectivity index (χ3v) is 3.78. The molecule has 0 saturated carbocycles. The molecule has 0 atom stereocenters. The Hall–Kier alpha value is -2.90. The van der Waals surface area contributed by atoms with Crippen molar-refractivity contribution in [2.24, 2.45) is 7.05 Å². The summed E-state index contributed by atoms with van der Waals surface area (Å²) in [6, 6.07) is 4.34. The molecular formula is C18H20F2N2O4. The van der Waals surface area contributed by atoms with E-state index in [0.717, 1.165) is 17.0 Å². The monoisotopic (exact) mass is 366 g/mol. The van der Waals surface area contributed by atoms with Gasteiger partial charge in [-0.1, -0.05) is 6.07 Å². The number of hydrogen-bond acceptors (Lipinski definition) is 5. The van der Waals surface area contributed by atoms with Crippen molar-refractivity contribution in [2.45, 2.75) is 27.1 Å². The number of carbonyl (C=O) groups is 1. The Kier molecular flexibility index (Phi) is 6.32. The second-order valence-corrected chi connectivity index (χ2v) is 5.51. The Morgan fingerprint density at radius 2 is 2.04 bits per heavy atom. The maximum atomic E-state index is 12.3. The van der Waals surface area contributed by atoms with Gasteiger partial charge in [-0.05, 0) is 37.6 Å². The Labute approximate surface area is 150 Å². The Morgan fingerprint density at radius 3 is 2.62 bits per heavy atom. The van der Waals surface area contributed by atoms with Gasteiger partial charge in [0.25, 0.3) is 0 Å². The molecule has 0 fully saturated rings. The first kappa shape index (κ1) is 19.4. The number of carbonyl (C=O) groups excluding carboxylic acids is 1. The number of nitrogens with zero attached hydrogens (tertiary/aromatic N) is 2. The highest BCUT2D eigenvalue weighted by molar-refractivity contribution is 5.87. The number of aryl methyl sites for hydroxylation is 2. The minimum Gasteiger partial charge on any atom is -0.493 e. The number of aromatic nitrogens is 2. The summed E-state index contributed by atoms with van der Waals surface area (Å²) >= 11 is 0. The average molecular weight is 366 g/mol. The number of esters is 1. The van der Waals surface area contributed by atoms with Gasteiger partial charge in [0.15, 0.2) is 11.5 Å². The number of halogens is 2. The van der Waals surface area contributed by atoms with E-state index >= 15 is 0 Å². The van der Waals surface area contributed by atoms with Crippen LogP contribution in [0.5, 0.6) is 11.5 Å². The second-order valence-electron chi connectivity index (χ2n) is 5.51. The molecule has 1 aromatic carbocycles. The minimum absolute atomic E-state index is 0.0283. The van der Waals surface area contributed by atoms with Gasteiger partial charge in [0, 0.05) is 24.4 Å². The topological polar surface area (TPSA) is 62.6 Å². The van der Waals surface area contributed by atoms with E-state index in [9.17, 15) is 13.6 Å². The molecule has 1 aromatic heterocycles. The van der Waals surface area contributed by atoms with Gasteiger partial charge in [0.2, 0.25) is 0 Å². The van der Waals surface area contributed by atoms with Crippen molar-refractivity contribution in [3.63, 3.8) is 0 Å². The first-order chi connectivity index (χ1) is 12.3. The number of rotatable bonds is 7. The van der Waals surface area contributed by atoms with E-state index in [1.807, 2.05) is 20.9 Å². The number of methoxy groups -OCH3 is 1. The summed E-state index contributed by atoms with van der Waals surface area (Å²) in [6.45, 7) is 0.782. The molecule has 0 aliphatic rings. The van der Waals surface area contributed by atoms with Crippen molar-refractivity contribution in [2.75, 3.05) is 7.11 Å². The van der Waals surface area contributed by atoms with Crippen molar-refractivity contribution in [1.29, 1.82) is 0 Å². The highest BCUT2D eigenvalue weighted by Crippen LogP contribution is 2.29. The molecule has 2 rings (SSSR count). The van der Waals surface area contributed by atoms with Gasteiger partial charge in [-0.2, -0.15) is 13.9 Å². The SMILES string of the molecule is COc1cc(COC(=O)/C=C/c2c(C)nn(C)c2C)ccc1OC(F)F. The van der Waals surface area contributed by atoms with Crippen LogP contribution >= 0.6 is 0 Å². The summed E-state index contributed by atoms with van der Waals surface area (Å²) in [4.78, 5) is 11.9. The molecule has 2 aromatic rings. The molecule has 26 heavy (non-hydrogen) atoms. The number of benzene rings is 1. The molecule has 0 bridgehead atoms. The van der Waals surface area contributed by atoms with E-state index in [4.69, 9.17) is 9.47 Å². The second kappa shape index (κ2) is 8.46. The lowest BCUT2D eigenvalue weighted by atomic mass is 10.2. The summed E-state index contributed by atoms with van der Waals surface area (Å²) in [5.41, 5.74) is 3.19. The van der Waals surface area contributed by atoms with Gasteiger partial charge < -0.3 is 14.2 Å². The van der Waals surface area contributed by atoms with E-state index in [0.29, 0.717) is 5.56 Å². The first-order valence-corrected chi connectivity index (χ1v) is 7.78. The third-order valence-electron chi connectivity index (χ3n) is 3.78. The van der Waals surface area contributed by atoms with Crippen molar-refractivity contribution in [1.82, 2.24) is 9.78 Å². The molecule has 0 amide bonds. The third kappa shape index (κ3) is 4.81. The normalized spacial score (nSPS) is 11.2. The summed E-state index contributed by atoms with van der Waals surface area (Å²) in [5.74, 6) is -0.476. The largest absolute Gasteiger partial charge is 0.493 e. The smallest absolute Gasteiger partial charge is 0.387 e. The van der Waals surface area contributed by atoms with Gasteiger partial charge in [-0.3, -0.25) is 4.68 Å². The summed E-state index contributed by atoms with van der Waals surface area (Å²) in [6.07, 6.45) is 2.97. The van der Waals surface area contributed by atoms with Crippen LogP contribution in [0.2, 0.25) is 0 Å². The molecule has 0 aliphatic heterocycles. The van der Waals surface area contributed by atoms with Crippen LogP contribution in [0.3, 0.4) is 0 Å². The summed E-state index contributed by atoms with van der Waals surface area (Å²) in [5, 5.41) is 4.26.